The van der Waals surface area contributed by atoms with Gasteiger partial charge >= 0.3 is 0 Å². The molecule has 1 aliphatic rings. The quantitative estimate of drug-likeness (QED) is 0.417. The number of para-hydroxylation sites is 1. The molecule has 172 valence electrons. The first kappa shape index (κ1) is 22.6. The molecule has 0 atom stereocenters. The first-order chi connectivity index (χ1) is 15.9. The van der Waals surface area contributed by atoms with Gasteiger partial charge in [0.25, 0.3) is 0 Å². The first-order valence-corrected chi connectivity index (χ1v) is 12.0. The van der Waals surface area contributed by atoms with E-state index in [-0.39, 0.29) is 23.4 Å². The van der Waals surface area contributed by atoms with Crippen molar-refractivity contribution in [3.63, 3.8) is 0 Å². The highest BCUT2D eigenvalue weighted by atomic mass is 32.2. The fourth-order valence-corrected chi connectivity index (χ4v) is 4.42. The van der Waals surface area contributed by atoms with Gasteiger partial charge in [0.2, 0.25) is 15.9 Å². The first-order valence-electron chi connectivity index (χ1n) is 10.5. The number of carbonyl (C=O) groups excluding carboxylic acids is 1. The summed E-state index contributed by atoms with van der Waals surface area (Å²) in [5.41, 5.74) is 1.03. The lowest BCUT2D eigenvalue weighted by atomic mass is 10.2. The number of rotatable bonds is 10. The Morgan fingerprint density at radius 1 is 0.970 bits per heavy atom. The van der Waals surface area contributed by atoms with E-state index >= 15 is 0 Å². The highest BCUT2D eigenvalue weighted by Crippen LogP contribution is 2.29. The van der Waals surface area contributed by atoms with E-state index in [9.17, 15) is 13.2 Å². The van der Waals surface area contributed by atoms with Crippen LogP contribution in [0.2, 0.25) is 0 Å². The predicted molar refractivity (Wildman–Crippen MR) is 126 cm³/mol. The minimum absolute atomic E-state index is 0.00349. The largest absolute Gasteiger partial charge is 0.495 e. The van der Waals surface area contributed by atoms with Gasteiger partial charge in [0, 0.05) is 11.7 Å². The molecule has 0 unspecified atom stereocenters. The maximum atomic E-state index is 12.5. The van der Waals surface area contributed by atoms with E-state index in [1.165, 1.54) is 19.2 Å². The van der Waals surface area contributed by atoms with E-state index in [0.717, 1.165) is 18.6 Å². The Morgan fingerprint density at radius 3 is 2.33 bits per heavy atom. The minimum atomic E-state index is -3.62. The fourth-order valence-electron chi connectivity index (χ4n) is 3.09. The molecular formula is C24H25N3O5S. The summed E-state index contributed by atoms with van der Waals surface area (Å²) >= 11 is 0. The molecule has 0 saturated heterocycles. The van der Waals surface area contributed by atoms with Gasteiger partial charge in [0.05, 0.1) is 24.2 Å². The van der Waals surface area contributed by atoms with E-state index in [4.69, 9.17) is 9.47 Å². The Morgan fingerprint density at radius 2 is 1.67 bits per heavy atom. The zero-order valence-electron chi connectivity index (χ0n) is 18.1. The third-order valence-electron chi connectivity index (χ3n) is 4.94. The van der Waals surface area contributed by atoms with E-state index in [2.05, 4.69) is 15.4 Å². The van der Waals surface area contributed by atoms with Gasteiger partial charge in [-0.1, -0.05) is 18.2 Å². The number of nitrogens with one attached hydrogen (secondary N) is 3. The second-order valence-corrected chi connectivity index (χ2v) is 9.31. The molecule has 1 aliphatic carbocycles. The number of methoxy groups -OCH3 is 1. The molecule has 0 spiro atoms. The predicted octanol–water partition coefficient (Wildman–Crippen LogP) is 3.98. The summed E-state index contributed by atoms with van der Waals surface area (Å²) in [5.74, 6) is 1.53. The molecular weight excluding hydrogens is 442 g/mol. The van der Waals surface area contributed by atoms with Crippen LogP contribution in [0, 0.1) is 0 Å². The molecule has 33 heavy (non-hydrogen) atoms. The summed E-state index contributed by atoms with van der Waals surface area (Å²) < 4.78 is 38.7. The molecule has 4 rings (SSSR count). The number of carbonyl (C=O) groups is 1. The number of amides is 1. The second-order valence-electron chi connectivity index (χ2n) is 7.60. The van der Waals surface area contributed by atoms with Crippen LogP contribution in [0.25, 0.3) is 0 Å². The van der Waals surface area contributed by atoms with Crippen molar-refractivity contribution in [1.29, 1.82) is 0 Å². The van der Waals surface area contributed by atoms with E-state index < -0.39 is 10.0 Å². The van der Waals surface area contributed by atoms with Crippen LogP contribution < -0.4 is 24.8 Å². The monoisotopic (exact) mass is 467 g/mol. The Kier molecular flexibility index (Phi) is 6.81. The van der Waals surface area contributed by atoms with Crippen molar-refractivity contribution in [3.8, 4) is 17.2 Å². The smallest absolute Gasteiger partial charge is 0.243 e. The van der Waals surface area contributed by atoms with Gasteiger partial charge in [-0.25, -0.2) is 13.1 Å². The van der Waals surface area contributed by atoms with Crippen molar-refractivity contribution in [2.45, 2.75) is 23.8 Å². The van der Waals surface area contributed by atoms with Crippen molar-refractivity contribution in [1.82, 2.24) is 4.72 Å². The van der Waals surface area contributed by atoms with E-state index in [1.54, 1.807) is 30.3 Å². The van der Waals surface area contributed by atoms with Crippen LogP contribution >= 0.6 is 0 Å². The normalized spacial score (nSPS) is 13.2. The van der Waals surface area contributed by atoms with Crippen LogP contribution in [0.5, 0.6) is 17.2 Å². The third-order valence-corrected chi connectivity index (χ3v) is 6.45. The SMILES string of the molecule is COc1ccc(S(=O)(=O)NC2CC2)cc1NCC(=O)Nc1ccc(Oc2ccccc2)cc1. The molecule has 0 heterocycles. The van der Waals surface area contributed by atoms with Crippen LogP contribution in [-0.2, 0) is 14.8 Å². The lowest BCUT2D eigenvalue weighted by Gasteiger charge is -2.14. The number of hydrogen-bond donors (Lipinski definition) is 3. The summed E-state index contributed by atoms with van der Waals surface area (Å²) in [6.45, 7) is -0.0712. The van der Waals surface area contributed by atoms with Gasteiger partial charge in [-0.15, -0.1) is 0 Å². The Balaban J connectivity index is 1.35. The standard InChI is InChI=1S/C24H25N3O5S/c1-31-23-14-13-21(33(29,30)27-18-7-8-18)15-22(23)25-16-24(28)26-17-9-11-20(12-10-17)32-19-5-3-2-4-6-19/h2-6,9-15,18,25,27H,7-8,16H2,1H3,(H,26,28). The zero-order valence-corrected chi connectivity index (χ0v) is 18.9. The molecule has 3 aromatic rings. The van der Waals surface area contributed by atoms with E-state index in [1.807, 2.05) is 30.3 Å². The van der Waals surface area contributed by atoms with Gasteiger partial charge in [0.1, 0.15) is 17.2 Å². The number of anilines is 2. The van der Waals surface area contributed by atoms with Crippen LogP contribution in [0.4, 0.5) is 11.4 Å². The molecule has 3 aromatic carbocycles. The maximum Gasteiger partial charge on any atom is 0.243 e. The molecule has 9 heteroatoms. The summed E-state index contributed by atoms with van der Waals surface area (Å²) in [4.78, 5) is 12.5. The number of ether oxygens (including phenoxy) is 2. The van der Waals surface area contributed by atoms with Crippen molar-refractivity contribution < 1.29 is 22.7 Å². The summed E-state index contributed by atoms with van der Waals surface area (Å²) in [6.07, 6.45) is 1.69. The Hall–Kier alpha value is -3.56. The molecule has 8 nitrogen and oxygen atoms in total. The molecule has 1 fully saturated rings. The molecule has 1 saturated carbocycles. The highest BCUT2D eigenvalue weighted by molar-refractivity contribution is 7.89. The summed E-state index contributed by atoms with van der Waals surface area (Å²) in [7, 11) is -2.13. The summed E-state index contributed by atoms with van der Waals surface area (Å²) in [6, 6.07) is 20.9. The van der Waals surface area contributed by atoms with Crippen molar-refractivity contribution >= 4 is 27.3 Å². The van der Waals surface area contributed by atoms with Crippen LogP contribution in [0.15, 0.2) is 77.7 Å². The van der Waals surface area contributed by atoms with Gasteiger partial charge in [-0.2, -0.15) is 0 Å². The molecule has 0 radical (unpaired) electrons. The molecule has 0 bridgehead atoms. The van der Waals surface area contributed by atoms with Crippen molar-refractivity contribution in [2.75, 3.05) is 24.3 Å². The Bertz CT molecular complexity index is 1210. The van der Waals surface area contributed by atoms with Gasteiger partial charge < -0.3 is 20.1 Å². The molecule has 0 aromatic heterocycles. The zero-order chi connectivity index (χ0) is 23.3. The van der Waals surface area contributed by atoms with Gasteiger partial charge in [-0.05, 0) is 67.4 Å². The molecule has 0 aliphatic heterocycles. The number of hydrogen-bond acceptors (Lipinski definition) is 6. The average molecular weight is 468 g/mol. The average Bonchev–Trinajstić information content (AvgIpc) is 3.63. The molecule has 3 N–H and O–H groups in total. The van der Waals surface area contributed by atoms with Crippen LogP contribution in [-0.4, -0.2) is 34.0 Å². The number of sulfonamides is 1. The third kappa shape index (κ3) is 6.24. The topological polar surface area (TPSA) is 106 Å². The maximum absolute atomic E-state index is 12.5. The van der Waals surface area contributed by atoms with Crippen molar-refractivity contribution in [2.24, 2.45) is 0 Å². The second kappa shape index (κ2) is 9.93. The van der Waals surface area contributed by atoms with Gasteiger partial charge in [-0.3, -0.25) is 4.79 Å². The Labute approximate surface area is 193 Å². The minimum Gasteiger partial charge on any atom is -0.495 e. The van der Waals surface area contributed by atoms with Crippen LogP contribution in [0.3, 0.4) is 0 Å². The molecule has 1 amide bonds. The van der Waals surface area contributed by atoms with Crippen LogP contribution in [0.1, 0.15) is 12.8 Å². The van der Waals surface area contributed by atoms with Gasteiger partial charge in [0.15, 0.2) is 0 Å². The lowest BCUT2D eigenvalue weighted by Crippen LogP contribution is -2.26. The number of benzene rings is 3. The van der Waals surface area contributed by atoms with E-state index in [0.29, 0.717) is 22.9 Å². The van der Waals surface area contributed by atoms with Crippen molar-refractivity contribution in [3.05, 3.63) is 72.8 Å². The fraction of sp³-hybridized carbons (Fsp3) is 0.208. The lowest BCUT2D eigenvalue weighted by molar-refractivity contribution is -0.114. The summed E-state index contributed by atoms with van der Waals surface area (Å²) in [5, 5.41) is 5.75. The highest BCUT2D eigenvalue weighted by Gasteiger charge is 2.28.